The highest BCUT2D eigenvalue weighted by Crippen LogP contribution is 2.47. The Labute approximate surface area is 351 Å². The summed E-state index contributed by atoms with van der Waals surface area (Å²) >= 11 is 1.89. The normalized spacial score (nSPS) is 11.7. The largest absolute Gasteiger partial charge is 0.454 e. The monoisotopic (exact) mass is 784 g/mol. The fourth-order valence-electron chi connectivity index (χ4n) is 9.08. The number of fused-ring (bicyclic) bond motifs is 11. The van der Waals surface area contributed by atoms with E-state index < -0.39 is 0 Å². The number of furan rings is 1. The first-order valence-corrected chi connectivity index (χ1v) is 21.2. The van der Waals surface area contributed by atoms with Crippen LogP contribution in [0.25, 0.3) is 74.8 Å². The Morgan fingerprint density at radius 3 is 1.60 bits per heavy atom. The van der Waals surface area contributed by atoms with Gasteiger partial charge >= 0.3 is 0 Å². The first-order valence-electron chi connectivity index (χ1n) is 20.3. The van der Waals surface area contributed by atoms with E-state index in [1.54, 1.807) is 0 Å². The molecule has 0 aliphatic heterocycles. The first kappa shape index (κ1) is 34.4. The van der Waals surface area contributed by atoms with Crippen LogP contribution < -0.4 is 9.80 Å². The van der Waals surface area contributed by atoms with E-state index >= 15 is 0 Å². The number of anilines is 6. The Hall–Kier alpha value is -7.66. The van der Waals surface area contributed by atoms with Gasteiger partial charge in [0.05, 0.1) is 5.69 Å². The van der Waals surface area contributed by atoms with Crippen molar-refractivity contribution in [2.45, 2.75) is 0 Å². The summed E-state index contributed by atoms with van der Waals surface area (Å²) in [4.78, 5) is 4.64. The van der Waals surface area contributed by atoms with Crippen LogP contribution in [0.1, 0.15) is 0 Å². The molecule has 0 aliphatic rings. The van der Waals surface area contributed by atoms with Gasteiger partial charge in [0.1, 0.15) is 5.58 Å². The van der Waals surface area contributed by atoms with E-state index in [9.17, 15) is 0 Å². The van der Waals surface area contributed by atoms with Crippen LogP contribution in [-0.2, 0) is 0 Å². The van der Waals surface area contributed by atoms with E-state index in [2.05, 4.69) is 216 Å². The van der Waals surface area contributed by atoms with E-state index in [0.717, 1.165) is 56.1 Å². The lowest BCUT2D eigenvalue weighted by Crippen LogP contribution is -2.10. The van der Waals surface area contributed by atoms with Crippen molar-refractivity contribution in [2.24, 2.45) is 0 Å². The van der Waals surface area contributed by atoms with E-state index in [4.69, 9.17) is 4.42 Å². The summed E-state index contributed by atoms with van der Waals surface area (Å²) in [5, 5.41) is 9.95. The molecule has 12 aromatic rings. The van der Waals surface area contributed by atoms with Gasteiger partial charge in [-0.2, -0.15) is 0 Å². The quantitative estimate of drug-likeness (QED) is 0.150. The summed E-state index contributed by atoms with van der Waals surface area (Å²) < 4.78 is 9.13. The van der Waals surface area contributed by atoms with E-state index in [0.29, 0.717) is 0 Å². The van der Waals surface area contributed by atoms with Crippen molar-refractivity contribution < 1.29 is 4.42 Å². The lowest BCUT2D eigenvalue weighted by Gasteiger charge is -2.26. The molecule has 60 heavy (non-hydrogen) atoms. The molecule has 4 heteroatoms. The van der Waals surface area contributed by atoms with E-state index in [1.165, 1.54) is 52.8 Å². The fraction of sp³-hybridized carbons (Fsp3) is 0. The first-order chi connectivity index (χ1) is 29.8. The molecule has 0 bridgehead atoms. The molecule has 0 radical (unpaired) electrons. The number of rotatable bonds is 7. The highest BCUT2D eigenvalue weighted by molar-refractivity contribution is 7.27. The Bertz CT molecular complexity index is 3500. The van der Waals surface area contributed by atoms with Crippen LogP contribution in [0.4, 0.5) is 34.1 Å². The lowest BCUT2D eigenvalue weighted by atomic mass is 9.95. The lowest BCUT2D eigenvalue weighted by molar-refractivity contribution is 0.669. The molecule has 0 amide bonds. The molecule has 2 aromatic heterocycles. The molecule has 0 aliphatic carbocycles. The highest BCUT2D eigenvalue weighted by Gasteiger charge is 2.21. The minimum absolute atomic E-state index is 0.878. The summed E-state index contributed by atoms with van der Waals surface area (Å²) in [5.74, 6) is 0. The van der Waals surface area contributed by atoms with Crippen molar-refractivity contribution in [2.75, 3.05) is 9.80 Å². The van der Waals surface area contributed by atoms with Gasteiger partial charge in [-0.1, -0.05) is 140 Å². The molecular formula is C56H36N2OS. The van der Waals surface area contributed by atoms with Gasteiger partial charge in [-0.05, 0) is 106 Å². The third kappa shape index (κ3) is 5.57. The molecule has 12 rings (SSSR count). The molecule has 2 heterocycles. The van der Waals surface area contributed by atoms with Crippen LogP contribution in [0, 0.1) is 0 Å². The third-order valence-electron chi connectivity index (χ3n) is 11.8. The second kappa shape index (κ2) is 14.0. The molecule has 0 spiro atoms. The SMILES string of the molecule is c1ccc(N(c2ccccc2)c2ccc3c(c2)c2ccccc2c2c4ccc(-c5ccc(N(c6ccccc6)c6cccc7c6oc6ccccc67)cc5)cc4sc32)cc1. The van der Waals surface area contributed by atoms with Gasteiger partial charge in [0, 0.05) is 64.8 Å². The Morgan fingerprint density at radius 1 is 0.333 bits per heavy atom. The van der Waals surface area contributed by atoms with Gasteiger partial charge in [-0.3, -0.25) is 0 Å². The summed E-state index contributed by atoms with van der Waals surface area (Å²) in [6, 6.07) is 78.4. The topological polar surface area (TPSA) is 19.6 Å². The van der Waals surface area contributed by atoms with Crippen LogP contribution in [0.15, 0.2) is 223 Å². The van der Waals surface area contributed by atoms with E-state index in [-0.39, 0.29) is 0 Å². The summed E-state index contributed by atoms with van der Waals surface area (Å²) in [7, 11) is 0. The summed E-state index contributed by atoms with van der Waals surface area (Å²) in [6.07, 6.45) is 0. The van der Waals surface area contributed by atoms with Crippen molar-refractivity contribution in [3.8, 4) is 11.1 Å². The molecule has 10 aromatic carbocycles. The van der Waals surface area contributed by atoms with Gasteiger partial charge in [-0.15, -0.1) is 11.3 Å². The van der Waals surface area contributed by atoms with Gasteiger partial charge in [-0.25, -0.2) is 0 Å². The average molecular weight is 785 g/mol. The number of benzene rings is 10. The molecular weight excluding hydrogens is 749 g/mol. The standard InChI is InChI=1S/C56H36N2OS/c1-4-15-39(16-5-1)57(40-17-6-2-7-18-40)43-32-34-48-50(36-43)44-21-10-11-23-46(44)54-49-33-29-38(35-53(49)60-56(48)54)37-27-30-42(31-28-37)58(41-19-8-3-9-20-41)51-25-14-24-47-45-22-12-13-26-52(45)59-55(47)51/h1-36H. The highest BCUT2D eigenvalue weighted by atomic mass is 32.1. The van der Waals surface area contributed by atoms with Crippen LogP contribution in [0.2, 0.25) is 0 Å². The maximum atomic E-state index is 6.53. The zero-order valence-corrected chi connectivity index (χ0v) is 33.3. The summed E-state index contributed by atoms with van der Waals surface area (Å²) in [6.45, 7) is 0. The maximum Gasteiger partial charge on any atom is 0.159 e. The van der Waals surface area contributed by atoms with Gasteiger partial charge < -0.3 is 14.2 Å². The Balaban J connectivity index is 0.968. The van der Waals surface area contributed by atoms with Crippen molar-refractivity contribution >= 4 is 109 Å². The minimum atomic E-state index is 0.878. The second-order valence-corrected chi connectivity index (χ2v) is 16.3. The number of nitrogens with zero attached hydrogens (tertiary/aromatic N) is 2. The van der Waals surface area contributed by atoms with Crippen LogP contribution in [0.5, 0.6) is 0 Å². The van der Waals surface area contributed by atoms with Crippen molar-refractivity contribution in [3.05, 3.63) is 218 Å². The van der Waals surface area contributed by atoms with Crippen molar-refractivity contribution in [3.63, 3.8) is 0 Å². The number of para-hydroxylation sites is 5. The molecule has 0 N–H and O–H groups in total. The number of thiophene rings is 1. The molecule has 0 saturated heterocycles. The number of hydrogen-bond acceptors (Lipinski definition) is 4. The summed E-state index contributed by atoms with van der Waals surface area (Å²) in [5.41, 5.74) is 10.7. The predicted octanol–water partition coefficient (Wildman–Crippen LogP) is 16.9. The van der Waals surface area contributed by atoms with E-state index in [1.807, 2.05) is 23.5 Å². The molecule has 0 unspecified atom stereocenters. The Morgan fingerprint density at radius 2 is 0.883 bits per heavy atom. The smallest absolute Gasteiger partial charge is 0.159 e. The van der Waals surface area contributed by atoms with Crippen LogP contribution in [0.3, 0.4) is 0 Å². The molecule has 0 fully saturated rings. The van der Waals surface area contributed by atoms with Crippen LogP contribution in [-0.4, -0.2) is 0 Å². The van der Waals surface area contributed by atoms with Crippen LogP contribution >= 0.6 is 11.3 Å². The second-order valence-electron chi connectivity index (χ2n) is 15.3. The third-order valence-corrected chi connectivity index (χ3v) is 13.0. The maximum absolute atomic E-state index is 6.53. The molecule has 0 saturated carbocycles. The molecule has 282 valence electrons. The molecule has 3 nitrogen and oxygen atoms in total. The van der Waals surface area contributed by atoms with Crippen molar-refractivity contribution in [1.29, 1.82) is 0 Å². The zero-order valence-electron chi connectivity index (χ0n) is 32.5. The molecule has 0 atom stereocenters. The Kier molecular flexibility index (Phi) is 8.03. The number of hydrogen-bond donors (Lipinski definition) is 0. The minimum Gasteiger partial charge on any atom is -0.454 e. The predicted molar refractivity (Wildman–Crippen MR) is 256 cm³/mol. The van der Waals surface area contributed by atoms with Gasteiger partial charge in [0.15, 0.2) is 5.58 Å². The van der Waals surface area contributed by atoms with Gasteiger partial charge in [0.2, 0.25) is 0 Å². The fourth-order valence-corrected chi connectivity index (χ4v) is 10.4. The average Bonchev–Trinajstić information content (AvgIpc) is 3.90. The van der Waals surface area contributed by atoms with Gasteiger partial charge in [0.25, 0.3) is 0 Å². The van der Waals surface area contributed by atoms with Crippen molar-refractivity contribution in [1.82, 2.24) is 0 Å². The zero-order chi connectivity index (χ0) is 39.6.